The molecule has 2 N–H and O–H groups in total. The normalized spacial score (nSPS) is 19.2. The summed E-state index contributed by atoms with van der Waals surface area (Å²) in [5.74, 6) is -0.560. The molecule has 0 atom stereocenters. The maximum Gasteiger partial charge on any atom is 0.306 e. The number of nitrogens with zero attached hydrogens (tertiary/aromatic N) is 1. The van der Waals surface area contributed by atoms with Gasteiger partial charge in [0.2, 0.25) is 5.91 Å². The van der Waals surface area contributed by atoms with Crippen LogP contribution in [0.3, 0.4) is 0 Å². The maximum atomic E-state index is 12.4. The highest BCUT2D eigenvalue weighted by Crippen LogP contribution is 2.29. The summed E-state index contributed by atoms with van der Waals surface area (Å²) in [6, 6.07) is 16.4. The molecule has 6 heteroatoms. The van der Waals surface area contributed by atoms with Gasteiger partial charge in [-0.15, -0.1) is 11.3 Å². The number of aromatic nitrogens is 1. The summed E-state index contributed by atoms with van der Waals surface area (Å²) in [6.07, 6.45) is 3.42. The van der Waals surface area contributed by atoms with Crippen molar-refractivity contribution in [3.05, 3.63) is 53.5 Å². The lowest BCUT2D eigenvalue weighted by Crippen LogP contribution is -2.33. The number of amides is 1. The molecule has 1 saturated carbocycles. The molecular weight excluding hydrogens is 384 g/mol. The highest BCUT2D eigenvalue weighted by atomic mass is 32.1. The first-order valence-corrected chi connectivity index (χ1v) is 10.8. The Hall–Kier alpha value is -2.73. The zero-order valence-corrected chi connectivity index (χ0v) is 17.0. The fourth-order valence-electron chi connectivity index (χ4n) is 3.93. The highest BCUT2D eigenvalue weighted by molar-refractivity contribution is 7.18. The highest BCUT2D eigenvalue weighted by Gasteiger charge is 2.26. The summed E-state index contributed by atoms with van der Waals surface area (Å²) in [4.78, 5) is 28.0. The third-order valence-electron chi connectivity index (χ3n) is 5.64. The van der Waals surface area contributed by atoms with Crippen LogP contribution >= 0.6 is 11.3 Å². The first kappa shape index (κ1) is 19.6. The molecule has 1 fully saturated rings. The van der Waals surface area contributed by atoms with Crippen molar-refractivity contribution in [2.75, 3.05) is 6.54 Å². The molecule has 0 saturated heterocycles. The van der Waals surface area contributed by atoms with Crippen molar-refractivity contribution in [1.82, 2.24) is 10.3 Å². The second kappa shape index (κ2) is 8.74. The molecule has 5 nitrogen and oxygen atoms in total. The van der Waals surface area contributed by atoms with Gasteiger partial charge in [-0.1, -0.05) is 36.4 Å². The van der Waals surface area contributed by atoms with Gasteiger partial charge in [0, 0.05) is 6.54 Å². The second-order valence-electron chi connectivity index (χ2n) is 7.69. The Balaban J connectivity index is 1.33. The molecule has 29 heavy (non-hydrogen) atoms. The van der Waals surface area contributed by atoms with Gasteiger partial charge in [0.15, 0.2) is 0 Å². The molecule has 0 aliphatic heterocycles. The zero-order valence-electron chi connectivity index (χ0n) is 16.1. The molecule has 1 heterocycles. The summed E-state index contributed by atoms with van der Waals surface area (Å²) >= 11 is 1.56. The fourth-order valence-corrected chi connectivity index (χ4v) is 4.93. The Labute approximate surface area is 173 Å². The minimum absolute atomic E-state index is 0.0207. The fraction of sp³-hybridized carbons (Fsp3) is 0.348. The van der Waals surface area contributed by atoms with Crippen molar-refractivity contribution in [2.24, 2.45) is 11.8 Å². The van der Waals surface area contributed by atoms with Gasteiger partial charge in [-0.3, -0.25) is 9.59 Å². The summed E-state index contributed by atoms with van der Waals surface area (Å²) < 4.78 is 1.08. The van der Waals surface area contributed by atoms with E-state index < -0.39 is 5.97 Å². The SMILES string of the molecule is O=C(Cc1nc2ccc(-c3ccccc3)cc2s1)NCC1CCC(C(=O)O)CC1. The van der Waals surface area contributed by atoms with E-state index in [4.69, 9.17) is 5.11 Å². The summed E-state index contributed by atoms with van der Waals surface area (Å²) in [5.41, 5.74) is 3.24. The number of carbonyl (C=O) groups is 2. The Morgan fingerprint density at radius 2 is 1.79 bits per heavy atom. The smallest absolute Gasteiger partial charge is 0.306 e. The number of hydrogen-bond acceptors (Lipinski definition) is 4. The van der Waals surface area contributed by atoms with E-state index in [1.54, 1.807) is 11.3 Å². The summed E-state index contributed by atoms with van der Waals surface area (Å²) in [5, 5.41) is 12.9. The number of fused-ring (bicyclic) bond motifs is 1. The van der Waals surface area contributed by atoms with E-state index >= 15 is 0 Å². The van der Waals surface area contributed by atoms with Crippen LogP contribution < -0.4 is 5.32 Å². The van der Waals surface area contributed by atoms with Crippen LogP contribution in [0.2, 0.25) is 0 Å². The van der Waals surface area contributed by atoms with Crippen LogP contribution in [0.15, 0.2) is 48.5 Å². The lowest BCUT2D eigenvalue weighted by Gasteiger charge is -2.26. The predicted octanol–water partition coefficient (Wildman–Crippen LogP) is 4.51. The molecule has 1 aliphatic carbocycles. The first-order valence-electron chi connectivity index (χ1n) is 10.0. The largest absolute Gasteiger partial charge is 0.481 e. The number of carbonyl (C=O) groups excluding carboxylic acids is 1. The van der Waals surface area contributed by atoms with Gasteiger partial charge in [-0.05, 0) is 54.9 Å². The molecule has 1 amide bonds. The van der Waals surface area contributed by atoms with Gasteiger partial charge in [0.1, 0.15) is 5.01 Å². The minimum Gasteiger partial charge on any atom is -0.481 e. The molecule has 4 rings (SSSR count). The van der Waals surface area contributed by atoms with Crippen molar-refractivity contribution in [3.63, 3.8) is 0 Å². The van der Waals surface area contributed by atoms with Gasteiger partial charge >= 0.3 is 5.97 Å². The van der Waals surface area contributed by atoms with Gasteiger partial charge in [0.05, 0.1) is 22.6 Å². The van der Waals surface area contributed by atoms with Crippen molar-refractivity contribution >= 4 is 33.4 Å². The molecule has 1 aromatic heterocycles. The van der Waals surface area contributed by atoms with Gasteiger partial charge in [0.25, 0.3) is 0 Å². The number of rotatable bonds is 6. The average molecular weight is 409 g/mol. The Bertz CT molecular complexity index is 1010. The van der Waals surface area contributed by atoms with Gasteiger partial charge < -0.3 is 10.4 Å². The lowest BCUT2D eigenvalue weighted by molar-refractivity contribution is -0.143. The first-order chi connectivity index (χ1) is 14.1. The van der Waals surface area contributed by atoms with Crippen molar-refractivity contribution in [1.29, 1.82) is 0 Å². The van der Waals surface area contributed by atoms with E-state index in [-0.39, 0.29) is 18.2 Å². The van der Waals surface area contributed by atoms with Crippen molar-refractivity contribution in [2.45, 2.75) is 32.1 Å². The summed E-state index contributed by atoms with van der Waals surface area (Å²) in [7, 11) is 0. The number of nitrogens with one attached hydrogen (secondary N) is 1. The number of aliphatic carboxylic acids is 1. The van der Waals surface area contributed by atoms with Crippen LogP contribution in [0.5, 0.6) is 0 Å². The third-order valence-corrected chi connectivity index (χ3v) is 6.65. The van der Waals surface area contributed by atoms with Crippen molar-refractivity contribution < 1.29 is 14.7 Å². The molecule has 3 aromatic rings. The van der Waals surface area contributed by atoms with Crippen LogP contribution in [-0.4, -0.2) is 28.5 Å². The quantitative estimate of drug-likeness (QED) is 0.629. The number of carboxylic acids is 1. The molecule has 2 aromatic carbocycles. The van der Waals surface area contributed by atoms with E-state index in [0.717, 1.165) is 33.6 Å². The van der Waals surface area contributed by atoms with Gasteiger partial charge in [-0.25, -0.2) is 4.98 Å². The zero-order chi connectivity index (χ0) is 20.2. The maximum absolute atomic E-state index is 12.4. The molecule has 150 valence electrons. The van der Waals surface area contributed by atoms with Crippen LogP contribution in [0.4, 0.5) is 0 Å². The van der Waals surface area contributed by atoms with E-state index in [2.05, 4.69) is 34.6 Å². The Kier molecular flexibility index (Phi) is 5.90. The second-order valence-corrected chi connectivity index (χ2v) is 8.81. The van der Waals surface area contributed by atoms with E-state index in [1.165, 1.54) is 5.56 Å². The topological polar surface area (TPSA) is 79.3 Å². The van der Waals surface area contributed by atoms with Crippen LogP contribution in [0, 0.1) is 11.8 Å². The predicted molar refractivity (Wildman–Crippen MR) is 115 cm³/mol. The lowest BCUT2D eigenvalue weighted by atomic mass is 9.82. The van der Waals surface area contributed by atoms with E-state index in [1.807, 2.05) is 24.3 Å². The van der Waals surface area contributed by atoms with Gasteiger partial charge in [-0.2, -0.15) is 0 Å². The number of hydrogen-bond donors (Lipinski definition) is 2. The van der Waals surface area contributed by atoms with Crippen LogP contribution in [0.1, 0.15) is 30.7 Å². The molecule has 0 spiro atoms. The Morgan fingerprint density at radius 1 is 1.03 bits per heavy atom. The number of thiazole rings is 1. The molecular formula is C23H24N2O3S. The minimum atomic E-state index is -0.696. The van der Waals surface area contributed by atoms with E-state index in [0.29, 0.717) is 25.3 Å². The van der Waals surface area contributed by atoms with Crippen LogP contribution in [-0.2, 0) is 16.0 Å². The molecule has 0 unspecified atom stereocenters. The molecule has 1 aliphatic rings. The monoisotopic (exact) mass is 408 g/mol. The summed E-state index contributed by atoms with van der Waals surface area (Å²) in [6.45, 7) is 0.619. The Morgan fingerprint density at radius 3 is 2.52 bits per heavy atom. The van der Waals surface area contributed by atoms with Crippen LogP contribution in [0.25, 0.3) is 21.3 Å². The average Bonchev–Trinajstić information content (AvgIpc) is 3.14. The number of benzene rings is 2. The van der Waals surface area contributed by atoms with Crippen molar-refractivity contribution in [3.8, 4) is 11.1 Å². The van der Waals surface area contributed by atoms with E-state index in [9.17, 15) is 9.59 Å². The molecule has 0 radical (unpaired) electrons. The standard InChI is InChI=1S/C23H24N2O3S/c26-21(24-14-15-6-8-17(9-7-15)23(27)28)13-22-25-19-11-10-18(12-20(19)29-22)16-4-2-1-3-5-16/h1-5,10-12,15,17H,6-9,13-14H2,(H,24,26)(H,27,28). The third kappa shape index (κ3) is 4.82. The number of carboxylic acid groups (broad SMARTS) is 1. The molecule has 0 bridgehead atoms.